The summed E-state index contributed by atoms with van der Waals surface area (Å²) in [6, 6.07) is 4.37. The molecular weight excluding hydrogens is 261 g/mol. The van der Waals surface area contributed by atoms with Crippen molar-refractivity contribution in [2.24, 2.45) is 0 Å². The lowest BCUT2D eigenvalue weighted by Crippen LogP contribution is -2.24. The van der Waals surface area contributed by atoms with Gasteiger partial charge in [-0.2, -0.15) is 0 Å². The van der Waals surface area contributed by atoms with E-state index >= 15 is 0 Å². The van der Waals surface area contributed by atoms with Crippen LogP contribution < -0.4 is 15.6 Å². The van der Waals surface area contributed by atoms with Crippen LogP contribution in [0.5, 0.6) is 5.75 Å². The van der Waals surface area contributed by atoms with Crippen LogP contribution in [0.3, 0.4) is 0 Å². The molecule has 20 heavy (non-hydrogen) atoms. The van der Waals surface area contributed by atoms with Gasteiger partial charge < -0.3 is 15.0 Å². The molecule has 0 spiro atoms. The van der Waals surface area contributed by atoms with Crippen molar-refractivity contribution < 1.29 is 9.13 Å². The van der Waals surface area contributed by atoms with Crippen molar-refractivity contribution in [2.45, 2.75) is 12.8 Å². The number of nitrogens with one attached hydrogen (secondary N) is 2. The molecule has 0 amide bonds. The van der Waals surface area contributed by atoms with E-state index in [4.69, 9.17) is 4.74 Å². The number of methoxy groups -OCH3 is 1. The standard InChI is InChI=1S/C14H14FN3O2/c1-20-11-7-8(4-5-10(11)15)12-17-13-9(14(19)18-12)3-2-6-16-13/h4-5,7H,2-3,6H2,1H3,(H2,16,17,18,19). The van der Waals surface area contributed by atoms with Gasteiger partial charge in [-0.25, -0.2) is 9.37 Å². The molecule has 0 atom stereocenters. The van der Waals surface area contributed by atoms with E-state index in [9.17, 15) is 9.18 Å². The zero-order valence-corrected chi connectivity index (χ0v) is 11.0. The Morgan fingerprint density at radius 2 is 2.25 bits per heavy atom. The number of nitrogens with zero attached hydrogens (tertiary/aromatic N) is 1. The molecule has 2 N–H and O–H groups in total. The summed E-state index contributed by atoms with van der Waals surface area (Å²) < 4.78 is 18.3. The van der Waals surface area contributed by atoms with Crippen molar-refractivity contribution in [2.75, 3.05) is 19.0 Å². The van der Waals surface area contributed by atoms with Crippen molar-refractivity contribution in [1.29, 1.82) is 0 Å². The third-order valence-electron chi connectivity index (χ3n) is 3.34. The van der Waals surface area contributed by atoms with E-state index in [1.165, 1.54) is 19.2 Å². The molecule has 2 aromatic rings. The highest BCUT2D eigenvalue weighted by Crippen LogP contribution is 2.25. The maximum absolute atomic E-state index is 13.4. The van der Waals surface area contributed by atoms with Crippen molar-refractivity contribution in [1.82, 2.24) is 9.97 Å². The van der Waals surface area contributed by atoms with Gasteiger partial charge in [-0.1, -0.05) is 0 Å². The first-order chi connectivity index (χ1) is 9.69. The predicted molar refractivity (Wildman–Crippen MR) is 73.6 cm³/mol. The van der Waals surface area contributed by atoms with E-state index in [-0.39, 0.29) is 11.3 Å². The monoisotopic (exact) mass is 275 g/mol. The highest BCUT2D eigenvalue weighted by molar-refractivity contribution is 5.61. The zero-order chi connectivity index (χ0) is 14.1. The largest absolute Gasteiger partial charge is 0.494 e. The lowest BCUT2D eigenvalue weighted by atomic mass is 10.1. The second kappa shape index (κ2) is 4.96. The number of benzene rings is 1. The molecular formula is C14H14FN3O2. The average molecular weight is 275 g/mol. The van der Waals surface area contributed by atoms with Crippen LogP contribution in [0.15, 0.2) is 23.0 Å². The summed E-state index contributed by atoms with van der Waals surface area (Å²) >= 11 is 0. The fourth-order valence-corrected chi connectivity index (χ4v) is 2.29. The van der Waals surface area contributed by atoms with E-state index in [1.54, 1.807) is 6.07 Å². The number of anilines is 1. The van der Waals surface area contributed by atoms with Crippen molar-refractivity contribution in [3.63, 3.8) is 0 Å². The van der Waals surface area contributed by atoms with Gasteiger partial charge in [-0.05, 0) is 31.0 Å². The topological polar surface area (TPSA) is 67.0 Å². The van der Waals surface area contributed by atoms with Gasteiger partial charge in [-0.15, -0.1) is 0 Å². The first kappa shape index (κ1) is 12.7. The third kappa shape index (κ3) is 2.13. The summed E-state index contributed by atoms with van der Waals surface area (Å²) in [7, 11) is 1.40. The second-order valence-corrected chi connectivity index (χ2v) is 4.62. The normalized spacial score (nSPS) is 13.5. The predicted octanol–water partition coefficient (Wildman–Crippen LogP) is 1.94. The SMILES string of the molecule is COc1cc(-c2nc3c(c(=O)[nH]2)CCCN3)ccc1F. The maximum Gasteiger partial charge on any atom is 0.256 e. The Hall–Kier alpha value is -2.37. The third-order valence-corrected chi connectivity index (χ3v) is 3.34. The van der Waals surface area contributed by atoms with Crippen molar-refractivity contribution in [3.8, 4) is 17.1 Å². The average Bonchev–Trinajstić information content (AvgIpc) is 2.47. The summed E-state index contributed by atoms with van der Waals surface area (Å²) in [5, 5.41) is 3.12. The smallest absolute Gasteiger partial charge is 0.256 e. The molecule has 1 aliphatic heterocycles. The van der Waals surface area contributed by atoms with Gasteiger partial charge in [0.25, 0.3) is 5.56 Å². The van der Waals surface area contributed by atoms with Crippen LogP contribution >= 0.6 is 0 Å². The molecule has 1 aromatic carbocycles. The Bertz CT molecular complexity index is 712. The molecule has 5 nitrogen and oxygen atoms in total. The minimum absolute atomic E-state index is 0.121. The Kier molecular flexibility index (Phi) is 3.14. The lowest BCUT2D eigenvalue weighted by Gasteiger charge is -2.16. The van der Waals surface area contributed by atoms with Crippen LogP contribution in [0.1, 0.15) is 12.0 Å². The number of aromatic amines is 1. The molecule has 0 fully saturated rings. The Morgan fingerprint density at radius 1 is 1.40 bits per heavy atom. The molecule has 0 saturated heterocycles. The van der Waals surface area contributed by atoms with E-state index in [1.807, 2.05) is 0 Å². The molecule has 6 heteroatoms. The molecule has 0 saturated carbocycles. The second-order valence-electron chi connectivity index (χ2n) is 4.62. The molecule has 2 heterocycles. The highest BCUT2D eigenvalue weighted by Gasteiger charge is 2.16. The summed E-state index contributed by atoms with van der Waals surface area (Å²) in [5.74, 6) is 0.685. The minimum atomic E-state index is -0.449. The molecule has 0 unspecified atom stereocenters. The number of ether oxygens (including phenoxy) is 1. The number of hydrogen-bond donors (Lipinski definition) is 2. The van der Waals surface area contributed by atoms with Crippen LogP contribution in [0.25, 0.3) is 11.4 Å². The molecule has 104 valence electrons. The number of aromatic nitrogens is 2. The highest BCUT2D eigenvalue weighted by atomic mass is 19.1. The number of H-pyrrole nitrogens is 1. The summed E-state index contributed by atoms with van der Waals surface area (Å²) in [5.41, 5.74) is 1.13. The van der Waals surface area contributed by atoms with Crippen LogP contribution in [-0.2, 0) is 6.42 Å². The van der Waals surface area contributed by atoms with E-state index in [2.05, 4.69) is 15.3 Å². The summed E-state index contributed by atoms with van der Waals surface area (Å²) in [4.78, 5) is 19.2. The molecule has 1 aliphatic rings. The van der Waals surface area contributed by atoms with E-state index < -0.39 is 5.82 Å². The van der Waals surface area contributed by atoms with Gasteiger partial charge >= 0.3 is 0 Å². The first-order valence-corrected chi connectivity index (χ1v) is 6.40. The number of rotatable bonds is 2. The fraction of sp³-hybridized carbons (Fsp3) is 0.286. The zero-order valence-electron chi connectivity index (χ0n) is 11.0. The van der Waals surface area contributed by atoms with Crippen LogP contribution in [0, 0.1) is 5.82 Å². The fourth-order valence-electron chi connectivity index (χ4n) is 2.29. The maximum atomic E-state index is 13.4. The summed E-state index contributed by atoms with van der Waals surface area (Å²) in [6.45, 7) is 0.801. The van der Waals surface area contributed by atoms with Crippen molar-refractivity contribution >= 4 is 5.82 Å². The Balaban J connectivity index is 2.11. The van der Waals surface area contributed by atoms with E-state index in [0.29, 0.717) is 22.8 Å². The van der Waals surface area contributed by atoms with Gasteiger partial charge in [0.2, 0.25) is 0 Å². The number of halogens is 1. The number of fused-ring (bicyclic) bond motifs is 1. The molecule has 0 aliphatic carbocycles. The molecule has 1 aromatic heterocycles. The summed E-state index contributed by atoms with van der Waals surface area (Å²) in [6.07, 6.45) is 1.64. The van der Waals surface area contributed by atoms with Gasteiger partial charge in [0.1, 0.15) is 11.6 Å². The van der Waals surface area contributed by atoms with Crippen LogP contribution in [0.4, 0.5) is 10.2 Å². The van der Waals surface area contributed by atoms with Gasteiger partial charge in [-0.3, -0.25) is 4.79 Å². The number of hydrogen-bond acceptors (Lipinski definition) is 4. The first-order valence-electron chi connectivity index (χ1n) is 6.40. The Morgan fingerprint density at radius 3 is 3.05 bits per heavy atom. The quantitative estimate of drug-likeness (QED) is 0.879. The van der Waals surface area contributed by atoms with Crippen molar-refractivity contribution in [3.05, 3.63) is 39.9 Å². The molecule has 3 rings (SSSR count). The van der Waals surface area contributed by atoms with Gasteiger partial charge in [0, 0.05) is 12.1 Å². The van der Waals surface area contributed by atoms with E-state index in [0.717, 1.165) is 19.4 Å². The molecule has 0 bridgehead atoms. The van der Waals surface area contributed by atoms with Gasteiger partial charge in [0.15, 0.2) is 11.6 Å². The van der Waals surface area contributed by atoms with Crippen LogP contribution in [-0.4, -0.2) is 23.6 Å². The lowest BCUT2D eigenvalue weighted by molar-refractivity contribution is 0.386. The van der Waals surface area contributed by atoms with Gasteiger partial charge in [0.05, 0.1) is 12.7 Å². The molecule has 0 radical (unpaired) electrons. The van der Waals surface area contributed by atoms with Crippen LogP contribution in [0.2, 0.25) is 0 Å². The Labute approximate surface area is 114 Å². The minimum Gasteiger partial charge on any atom is -0.494 e.